The van der Waals surface area contributed by atoms with Crippen molar-refractivity contribution < 1.29 is 4.79 Å². The van der Waals surface area contributed by atoms with Crippen LogP contribution in [0.25, 0.3) is 10.2 Å². The number of amides is 1. The van der Waals surface area contributed by atoms with Crippen molar-refractivity contribution in [1.82, 2.24) is 9.97 Å². The highest BCUT2D eigenvalue weighted by molar-refractivity contribution is 7.19. The fourth-order valence-electron chi connectivity index (χ4n) is 3.98. The van der Waals surface area contributed by atoms with Gasteiger partial charge in [-0.15, -0.1) is 11.3 Å². The lowest BCUT2D eigenvalue weighted by atomic mass is 10.00. The van der Waals surface area contributed by atoms with Crippen LogP contribution in [0.1, 0.15) is 46.1 Å². The quantitative estimate of drug-likeness (QED) is 0.671. The van der Waals surface area contributed by atoms with Gasteiger partial charge < -0.3 is 10.2 Å². The number of nitrogens with one attached hydrogen (secondary N) is 1. The molecule has 1 aliphatic rings. The molecule has 4 rings (SSSR count). The van der Waals surface area contributed by atoms with Gasteiger partial charge in [-0.3, -0.25) is 4.79 Å². The van der Waals surface area contributed by atoms with Crippen LogP contribution in [-0.2, 0) is 0 Å². The largest absolute Gasteiger partial charge is 0.356 e. The van der Waals surface area contributed by atoms with Gasteiger partial charge in [-0.25, -0.2) is 9.97 Å². The average Bonchev–Trinajstić information content (AvgIpc) is 3.00. The summed E-state index contributed by atoms with van der Waals surface area (Å²) in [5.41, 5.74) is 3.74. The second-order valence-electron chi connectivity index (χ2n) is 7.88. The molecule has 1 saturated heterocycles. The molecule has 3 heterocycles. The maximum absolute atomic E-state index is 13.3. The van der Waals surface area contributed by atoms with E-state index in [0.717, 1.165) is 57.2 Å². The summed E-state index contributed by atoms with van der Waals surface area (Å²) >= 11 is 1.57. The van der Waals surface area contributed by atoms with E-state index in [0.29, 0.717) is 11.5 Å². The van der Waals surface area contributed by atoms with Crippen LogP contribution in [-0.4, -0.2) is 29.0 Å². The summed E-state index contributed by atoms with van der Waals surface area (Å²) in [5.74, 6) is 1.44. The molecule has 5 nitrogen and oxygen atoms in total. The molecule has 0 bridgehead atoms. The van der Waals surface area contributed by atoms with E-state index in [1.807, 2.05) is 32.9 Å². The predicted octanol–water partition coefficient (Wildman–Crippen LogP) is 5.11. The highest BCUT2D eigenvalue weighted by Gasteiger charge is 2.26. The molecule has 2 aromatic heterocycles. The number of aromatic nitrogens is 2. The third-order valence-corrected chi connectivity index (χ3v) is 6.48. The maximum Gasteiger partial charge on any atom is 0.257 e. The third-order valence-electron chi connectivity index (χ3n) is 5.47. The minimum absolute atomic E-state index is 0.0847. The molecule has 1 N–H and O–H groups in total. The molecule has 3 aromatic rings. The lowest BCUT2D eigenvalue weighted by molar-refractivity contribution is 0.102. The topological polar surface area (TPSA) is 58.1 Å². The van der Waals surface area contributed by atoms with Crippen LogP contribution in [0.5, 0.6) is 0 Å². The normalized spacial score (nSPS) is 17.1. The second-order valence-corrected chi connectivity index (χ2v) is 9.08. The molecule has 1 fully saturated rings. The van der Waals surface area contributed by atoms with Crippen molar-refractivity contribution in [3.63, 3.8) is 0 Å². The van der Waals surface area contributed by atoms with Gasteiger partial charge in [0.25, 0.3) is 5.91 Å². The van der Waals surface area contributed by atoms with E-state index < -0.39 is 0 Å². The van der Waals surface area contributed by atoms with Crippen molar-refractivity contribution >= 4 is 39.0 Å². The zero-order valence-electron chi connectivity index (χ0n) is 16.9. The number of carbonyl (C=O) groups is 1. The molecule has 1 amide bonds. The molecule has 146 valence electrons. The lowest BCUT2D eigenvalue weighted by Gasteiger charge is -2.32. The number of hydrogen-bond acceptors (Lipinski definition) is 5. The Labute approximate surface area is 169 Å². The Morgan fingerprint density at radius 3 is 2.86 bits per heavy atom. The first-order valence-electron chi connectivity index (χ1n) is 9.81. The third kappa shape index (κ3) is 3.49. The number of thiophene rings is 1. The van der Waals surface area contributed by atoms with Crippen molar-refractivity contribution in [2.75, 3.05) is 23.3 Å². The van der Waals surface area contributed by atoms with Gasteiger partial charge in [0.1, 0.15) is 17.0 Å². The number of hydrogen-bond donors (Lipinski definition) is 1. The molecule has 0 aliphatic carbocycles. The van der Waals surface area contributed by atoms with E-state index in [1.54, 1.807) is 17.7 Å². The van der Waals surface area contributed by atoms with Crippen molar-refractivity contribution in [3.05, 3.63) is 46.1 Å². The van der Waals surface area contributed by atoms with Crippen LogP contribution in [0, 0.1) is 26.7 Å². The van der Waals surface area contributed by atoms with Crippen molar-refractivity contribution in [2.24, 2.45) is 5.92 Å². The average molecular weight is 395 g/mol. The molecule has 28 heavy (non-hydrogen) atoms. The first-order chi connectivity index (χ1) is 13.4. The summed E-state index contributed by atoms with van der Waals surface area (Å²) in [5, 5.41) is 4.01. The molecule has 1 atom stereocenters. The molecule has 0 unspecified atom stereocenters. The van der Waals surface area contributed by atoms with E-state index in [-0.39, 0.29) is 5.91 Å². The summed E-state index contributed by atoms with van der Waals surface area (Å²) in [6.07, 6.45) is 4.02. The fraction of sp³-hybridized carbons (Fsp3) is 0.409. The van der Waals surface area contributed by atoms with Crippen LogP contribution in [0.15, 0.2) is 24.5 Å². The highest BCUT2D eigenvalue weighted by atomic mass is 32.1. The molecule has 1 aromatic carbocycles. The van der Waals surface area contributed by atoms with Gasteiger partial charge in [0, 0.05) is 23.7 Å². The van der Waals surface area contributed by atoms with Crippen LogP contribution in [0.3, 0.4) is 0 Å². The van der Waals surface area contributed by atoms with Crippen molar-refractivity contribution in [2.45, 2.75) is 40.5 Å². The molecular formula is C22H26N4OS. The monoisotopic (exact) mass is 394 g/mol. The summed E-state index contributed by atoms with van der Waals surface area (Å²) in [6.45, 7) is 10.3. The summed E-state index contributed by atoms with van der Waals surface area (Å²) in [4.78, 5) is 26.5. The number of fused-ring (bicyclic) bond motifs is 1. The number of carbonyl (C=O) groups excluding carboxylic acids is 1. The van der Waals surface area contributed by atoms with Gasteiger partial charge in [-0.2, -0.15) is 0 Å². The SMILES string of the molecule is Cc1ccc(C)c(NC(=O)c2c(C)sc3ncnc(N4CCC[C@@H](C)C4)c23)c1. The van der Waals surface area contributed by atoms with E-state index >= 15 is 0 Å². The van der Waals surface area contributed by atoms with E-state index in [1.165, 1.54) is 6.42 Å². The summed E-state index contributed by atoms with van der Waals surface area (Å²) in [6, 6.07) is 6.10. The minimum atomic E-state index is -0.0847. The highest BCUT2D eigenvalue weighted by Crippen LogP contribution is 2.37. The Kier molecular flexibility index (Phi) is 5.06. The molecule has 0 radical (unpaired) electrons. The van der Waals surface area contributed by atoms with Gasteiger partial charge in [-0.1, -0.05) is 19.1 Å². The first-order valence-corrected chi connectivity index (χ1v) is 10.6. The van der Waals surface area contributed by atoms with Crippen molar-refractivity contribution in [1.29, 1.82) is 0 Å². The molecular weight excluding hydrogens is 368 g/mol. The Balaban J connectivity index is 1.77. The van der Waals surface area contributed by atoms with Crippen LogP contribution in [0.4, 0.5) is 11.5 Å². The van der Waals surface area contributed by atoms with Gasteiger partial charge in [-0.05, 0) is 56.7 Å². The van der Waals surface area contributed by atoms with Crippen molar-refractivity contribution in [3.8, 4) is 0 Å². The van der Waals surface area contributed by atoms with Gasteiger partial charge in [0.05, 0.1) is 10.9 Å². The zero-order valence-corrected chi connectivity index (χ0v) is 17.7. The summed E-state index contributed by atoms with van der Waals surface area (Å²) in [7, 11) is 0. The Bertz CT molecular complexity index is 1040. The van der Waals surface area contributed by atoms with Gasteiger partial charge in [0.2, 0.25) is 0 Å². The predicted molar refractivity (Wildman–Crippen MR) is 117 cm³/mol. The number of anilines is 2. The Morgan fingerprint density at radius 2 is 2.07 bits per heavy atom. The fourth-order valence-corrected chi connectivity index (χ4v) is 4.96. The Morgan fingerprint density at radius 1 is 1.25 bits per heavy atom. The smallest absolute Gasteiger partial charge is 0.257 e. The summed E-state index contributed by atoms with van der Waals surface area (Å²) < 4.78 is 0. The maximum atomic E-state index is 13.3. The van der Waals surface area contributed by atoms with E-state index in [2.05, 4.69) is 33.2 Å². The van der Waals surface area contributed by atoms with Crippen LogP contribution < -0.4 is 10.2 Å². The van der Waals surface area contributed by atoms with Gasteiger partial charge >= 0.3 is 0 Å². The molecule has 1 aliphatic heterocycles. The zero-order chi connectivity index (χ0) is 19.8. The number of piperidine rings is 1. The number of benzene rings is 1. The van der Waals surface area contributed by atoms with Crippen LogP contribution in [0.2, 0.25) is 0 Å². The van der Waals surface area contributed by atoms with E-state index in [4.69, 9.17) is 0 Å². The number of rotatable bonds is 3. The van der Waals surface area contributed by atoms with Gasteiger partial charge in [0.15, 0.2) is 0 Å². The number of nitrogens with zero attached hydrogens (tertiary/aromatic N) is 3. The Hall–Kier alpha value is -2.47. The molecule has 0 saturated carbocycles. The van der Waals surface area contributed by atoms with Crippen LogP contribution >= 0.6 is 11.3 Å². The number of aryl methyl sites for hydroxylation is 3. The van der Waals surface area contributed by atoms with E-state index in [9.17, 15) is 4.79 Å². The minimum Gasteiger partial charge on any atom is -0.356 e. The lowest BCUT2D eigenvalue weighted by Crippen LogP contribution is -2.35. The molecule has 0 spiro atoms. The molecule has 6 heteroatoms. The first kappa shape index (κ1) is 18.9. The standard InChI is InChI=1S/C22H26N4OS/c1-13-7-8-15(3)17(10-13)25-21(27)18-16(4)28-22-19(18)20(23-12-24-22)26-9-5-6-14(2)11-26/h7-8,10,12,14H,5-6,9,11H2,1-4H3,(H,25,27)/t14-/m1/s1. The second kappa shape index (κ2) is 7.51.